The topological polar surface area (TPSA) is 55.2 Å². The maximum atomic E-state index is 9.01. The predicted octanol–water partition coefficient (Wildman–Crippen LogP) is 2.64. The number of ether oxygens (including phenoxy) is 1. The molecule has 19 heavy (non-hydrogen) atoms. The number of aryl methyl sites for hydroxylation is 1. The van der Waals surface area contributed by atoms with E-state index >= 15 is 0 Å². The van der Waals surface area contributed by atoms with Gasteiger partial charge in [0.2, 0.25) is 5.88 Å². The fourth-order valence-corrected chi connectivity index (χ4v) is 2.35. The standard InChI is InChI=1S/C15H16N2O2/c18-9-11-5-7-12(8-6-11)19-15-13-3-1-2-4-14(13)16-10-17-15/h5-8,10,18H,1-4,9H2. The molecule has 0 saturated heterocycles. The van der Waals surface area contributed by atoms with Crippen molar-refractivity contribution in [2.24, 2.45) is 0 Å². The number of nitrogens with zero attached hydrogens (tertiary/aromatic N) is 2. The van der Waals surface area contributed by atoms with E-state index in [2.05, 4.69) is 9.97 Å². The monoisotopic (exact) mass is 256 g/mol. The van der Waals surface area contributed by atoms with E-state index in [-0.39, 0.29) is 6.61 Å². The fraction of sp³-hybridized carbons (Fsp3) is 0.333. The van der Waals surface area contributed by atoms with Crippen molar-refractivity contribution in [3.63, 3.8) is 0 Å². The Morgan fingerprint density at radius 2 is 1.84 bits per heavy atom. The summed E-state index contributed by atoms with van der Waals surface area (Å²) in [6.45, 7) is 0.0448. The number of benzene rings is 1. The van der Waals surface area contributed by atoms with Crippen molar-refractivity contribution in [2.45, 2.75) is 32.3 Å². The summed E-state index contributed by atoms with van der Waals surface area (Å²) < 4.78 is 5.84. The van der Waals surface area contributed by atoms with Crippen molar-refractivity contribution >= 4 is 0 Å². The lowest BCUT2D eigenvalue weighted by Crippen LogP contribution is -2.08. The first-order valence-corrected chi connectivity index (χ1v) is 6.57. The molecule has 1 aromatic carbocycles. The first-order chi connectivity index (χ1) is 9.36. The Labute approximate surface area is 112 Å². The number of fused-ring (bicyclic) bond motifs is 1. The van der Waals surface area contributed by atoms with Gasteiger partial charge in [0.05, 0.1) is 12.3 Å². The molecule has 0 aliphatic heterocycles. The first kappa shape index (κ1) is 12.1. The molecule has 0 bridgehead atoms. The van der Waals surface area contributed by atoms with E-state index in [0.29, 0.717) is 5.88 Å². The van der Waals surface area contributed by atoms with E-state index in [1.54, 1.807) is 6.33 Å². The van der Waals surface area contributed by atoms with Gasteiger partial charge in [-0.2, -0.15) is 0 Å². The van der Waals surface area contributed by atoms with Crippen molar-refractivity contribution in [2.75, 3.05) is 0 Å². The van der Waals surface area contributed by atoms with Crippen LogP contribution in [0.2, 0.25) is 0 Å². The van der Waals surface area contributed by atoms with Gasteiger partial charge in [0.15, 0.2) is 0 Å². The molecule has 0 atom stereocenters. The summed E-state index contributed by atoms with van der Waals surface area (Å²) in [6, 6.07) is 7.40. The number of aromatic nitrogens is 2. The van der Waals surface area contributed by atoms with E-state index in [0.717, 1.165) is 35.4 Å². The van der Waals surface area contributed by atoms with Crippen LogP contribution in [-0.4, -0.2) is 15.1 Å². The third-order valence-corrected chi connectivity index (χ3v) is 3.41. The van der Waals surface area contributed by atoms with Gasteiger partial charge in [0, 0.05) is 5.56 Å². The Hall–Kier alpha value is -1.94. The van der Waals surface area contributed by atoms with Crippen LogP contribution in [-0.2, 0) is 19.4 Å². The van der Waals surface area contributed by atoms with Crippen LogP contribution in [0.1, 0.15) is 29.7 Å². The molecule has 1 aliphatic carbocycles. The Morgan fingerprint density at radius 3 is 2.63 bits per heavy atom. The van der Waals surface area contributed by atoms with E-state index in [1.165, 1.54) is 12.8 Å². The van der Waals surface area contributed by atoms with Crippen LogP contribution in [0.5, 0.6) is 11.6 Å². The fourth-order valence-electron chi connectivity index (χ4n) is 2.35. The van der Waals surface area contributed by atoms with Gasteiger partial charge < -0.3 is 9.84 Å². The Bertz CT molecular complexity index is 567. The number of rotatable bonds is 3. The number of aliphatic hydroxyl groups is 1. The van der Waals surface area contributed by atoms with Gasteiger partial charge in [-0.25, -0.2) is 9.97 Å². The minimum absolute atomic E-state index is 0.0448. The molecule has 0 fully saturated rings. The van der Waals surface area contributed by atoms with Crippen molar-refractivity contribution in [3.8, 4) is 11.6 Å². The second-order valence-electron chi connectivity index (χ2n) is 4.72. The smallest absolute Gasteiger partial charge is 0.225 e. The van der Waals surface area contributed by atoms with Gasteiger partial charge in [-0.3, -0.25) is 0 Å². The third-order valence-electron chi connectivity index (χ3n) is 3.41. The highest BCUT2D eigenvalue weighted by Gasteiger charge is 2.16. The molecular formula is C15H16N2O2. The lowest BCUT2D eigenvalue weighted by molar-refractivity contribution is 0.281. The van der Waals surface area contributed by atoms with Crippen LogP contribution < -0.4 is 4.74 Å². The average molecular weight is 256 g/mol. The van der Waals surface area contributed by atoms with Crippen molar-refractivity contribution in [1.82, 2.24) is 9.97 Å². The molecule has 98 valence electrons. The minimum atomic E-state index is 0.0448. The van der Waals surface area contributed by atoms with E-state index < -0.39 is 0 Å². The third kappa shape index (κ3) is 2.58. The second kappa shape index (κ2) is 5.36. The highest BCUT2D eigenvalue weighted by Crippen LogP contribution is 2.29. The molecule has 1 aliphatic rings. The summed E-state index contributed by atoms with van der Waals surface area (Å²) in [5, 5.41) is 9.01. The lowest BCUT2D eigenvalue weighted by atomic mass is 9.97. The average Bonchev–Trinajstić information content (AvgIpc) is 2.48. The molecule has 1 heterocycles. The normalized spacial score (nSPS) is 13.9. The minimum Gasteiger partial charge on any atom is -0.439 e. The molecule has 4 nitrogen and oxygen atoms in total. The molecule has 3 rings (SSSR count). The summed E-state index contributed by atoms with van der Waals surface area (Å²) in [7, 11) is 0. The van der Waals surface area contributed by atoms with Crippen LogP contribution in [0, 0.1) is 0 Å². The summed E-state index contributed by atoms with van der Waals surface area (Å²) >= 11 is 0. The first-order valence-electron chi connectivity index (χ1n) is 6.57. The molecule has 4 heteroatoms. The van der Waals surface area contributed by atoms with Crippen LogP contribution in [0.25, 0.3) is 0 Å². The van der Waals surface area contributed by atoms with Crippen LogP contribution in [0.15, 0.2) is 30.6 Å². The van der Waals surface area contributed by atoms with Crippen molar-refractivity contribution in [3.05, 3.63) is 47.4 Å². The SMILES string of the molecule is OCc1ccc(Oc2ncnc3c2CCCC3)cc1. The van der Waals surface area contributed by atoms with Gasteiger partial charge in [-0.15, -0.1) is 0 Å². The van der Waals surface area contributed by atoms with Crippen molar-refractivity contribution < 1.29 is 9.84 Å². The second-order valence-corrected chi connectivity index (χ2v) is 4.72. The van der Waals surface area contributed by atoms with Gasteiger partial charge in [-0.1, -0.05) is 12.1 Å². The van der Waals surface area contributed by atoms with Crippen LogP contribution in [0.4, 0.5) is 0 Å². The largest absolute Gasteiger partial charge is 0.439 e. The van der Waals surface area contributed by atoms with Gasteiger partial charge >= 0.3 is 0 Å². The van der Waals surface area contributed by atoms with Crippen LogP contribution in [0.3, 0.4) is 0 Å². The quantitative estimate of drug-likeness (QED) is 0.917. The van der Waals surface area contributed by atoms with Crippen LogP contribution >= 0.6 is 0 Å². The molecule has 0 saturated carbocycles. The molecule has 0 radical (unpaired) electrons. The van der Waals surface area contributed by atoms with Gasteiger partial charge in [0.25, 0.3) is 0 Å². The Morgan fingerprint density at radius 1 is 1.05 bits per heavy atom. The van der Waals surface area contributed by atoms with E-state index in [1.807, 2.05) is 24.3 Å². The molecule has 0 unspecified atom stereocenters. The van der Waals surface area contributed by atoms with E-state index in [4.69, 9.17) is 9.84 Å². The highest BCUT2D eigenvalue weighted by atomic mass is 16.5. The number of hydrogen-bond donors (Lipinski definition) is 1. The van der Waals surface area contributed by atoms with Crippen molar-refractivity contribution in [1.29, 1.82) is 0 Å². The predicted molar refractivity (Wildman–Crippen MR) is 71.1 cm³/mol. The molecule has 1 N–H and O–H groups in total. The number of aliphatic hydroxyl groups excluding tert-OH is 1. The van der Waals surface area contributed by atoms with E-state index in [9.17, 15) is 0 Å². The lowest BCUT2D eigenvalue weighted by Gasteiger charge is -2.17. The molecule has 2 aromatic rings. The summed E-state index contributed by atoms with van der Waals surface area (Å²) in [5.74, 6) is 1.41. The number of hydrogen-bond acceptors (Lipinski definition) is 4. The molecule has 1 aromatic heterocycles. The summed E-state index contributed by atoms with van der Waals surface area (Å²) in [4.78, 5) is 8.57. The summed E-state index contributed by atoms with van der Waals surface area (Å²) in [5.41, 5.74) is 3.13. The zero-order chi connectivity index (χ0) is 13.1. The maximum Gasteiger partial charge on any atom is 0.225 e. The maximum absolute atomic E-state index is 9.01. The zero-order valence-corrected chi connectivity index (χ0v) is 10.7. The highest BCUT2D eigenvalue weighted by molar-refractivity contribution is 5.36. The Balaban J connectivity index is 1.86. The van der Waals surface area contributed by atoms with Gasteiger partial charge in [-0.05, 0) is 43.4 Å². The summed E-state index contributed by atoms with van der Waals surface area (Å²) in [6.07, 6.45) is 5.92. The Kier molecular flexibility index (Phi) is 3.42. The van der Waals surface area contributed by atoms with Gasteiger partial charge in [0.1, 0.15) is 12.1 Å². The molecule has 0 spiro atoms. The molecule has 0 amide bonds. The molecular weight excluding hydrogens is 240 g/mol. The zero-order valence-electron chi connectivity index (χ0n) is 10.7.